The average Bonchev–Trinajstić information content (AvgIpc) is 2.31. The van der Waals surface area contributed by atoms with Crippen LogP contribution in [0.4, 0.5) is 13.2 Å². The Morgan fingerprint density at radius 3 is 2.28 bits per heavy atom. The van der Waals surface area contributed by atoms with E-state index in [1.165, 1.54) is 30.6 Å². The molecule has 2 aromatic rings. The number of rotatable bonds is 2. The zero-order valence-electron chi connectivity index (χ0n) is 8.78. The van der Waals surface area contributed by atoms with Crippen LogP contribution >= 0.6 is 22.6 Å². The summed E-state index contributed by atoms with van der Waals surface area (Å²) < 4.78 is 43.9. The number of hydrogen-bond donors (Lipinski definition) is 0. The lowest BCUT2D eigenvalue weighted by atomic mass is 10.2. The van der Waals surface area contributed by atoms with Gasteiger partial charge < -0.3 is 4.74 Å². The number of nitrogens with zero attached hydrogens (tertiary/aromatic N) is 2. The van der Waals surface area contributed by atoms with E-state index in [-0.39, 0.29) is 11.8 Å². The minimum absolute atomic E-state index is 0.118. The summed E-state index contributed by atoms with van der Waals surface area (Å²) in [5, 5.41) is 0. The molecule has 0 saturated carbocycles. The minimum atomic E-state index is -4.47. The van der Waals surface area contributed by atoms with Gasteiger partial charge in [0.05, 0.1) is 5.56 Å². The van der Waals surface area contributed by atoms with Crippen LogP contribution in [0.25, 0.3) is 0 Å². The van der Waals surface area contributed by atoms with Crippen LogP contribution in [0.1, 0.15) is 5.56 Å². The van der Waals surface area contributed by atoms with Crippen LogP contribution in [0.5, 0.6) is 11.8 Å². The summed E-state index contributed by atoms with van der Waals surface area (Å²) >= 11 is 1.99. The molecule has 0 aliphatic carbocycles. The first kappa shape index (κ1) is 13.1. The second-order valence-electron chi connectivity index (χ2n) is 3.28. The first-order valence-corrected chi connectivity index (χ1v) is 5.86. The molecule has 0 N–H and O–H groups in total. The van der Waals surface area contributed by atoms with Crippen molar-refractivity contribution in [3.63, 3.8) is 0 Å². The Balaban J connectivity index is 2.32. The molecule has 1 aromatic carbocycles. The molecule has 7 heteroatoms. The summed E-state index contributed by atoms with van der Waals surface area (Å²) in [7, 11) is 0. The van der Waals surface area contributed by atoms with Crippen LogP contribution in [-0.2, 0) is 6.18 Å². The quantitative estimate of drug-likeness (QED) is 0.757. The van der Waals surface area contributed by atoms with Crippen LogP contribution in [0.2, 0.25) is 0 Å². The van der Waals surface area contributed by atoms with Crippen LogP contribution in [-0.4, -0.2) is 9.97 Å². The number of ether oxygens (including phenoxy) is 1. The van der Waals surface area contributed by atoms with E-state index >= 15 is 0 Å². The number of para-hydroxylation sites is 1. The van der Waals surface area contributed by atoms with Gasteiger partial charge in [-0.15, -0.1) is 0 Å². The average molecular weight is 366 g/mol. The molecular weight excluding hydrogens is 360 g/mol. The van der Waals surface area contributed by atoms with E-state index in [0.717, 1.165) is 9.64 Å². The van der Waals surface area contributed by atoms with E-state index in [2.05, 4.69) is 9.97 Å². The number of aromatic nitrogens is 2. The number of benzene rings is 1. The molecular formula is C11H6F3IN2O. The molecule has 0 unspecified atom stereocenters. The fraction of sp³-hybridized carbons (Fsp3) is 0.0909. The fourth-order valence-electron chi connectivity index (χ4n) is 1.24. The van der Waals surface area contributed by atoms with E-state index in [9.17, 15) is 13.2 Å². The van der Waals surface area contributed by atoms with Gasteiger partial charge in [-0.25, -0.2) is 9.97 Å². The largest absolute Gasteiger partial charge is 0.424 e. The third kappa shape index (κ3) is 3.09. The Morgan fingerprint density at radius 1 is 1.06 bits per heavy atom. The predicted octanol–water partition coefficient (Wildman–Crippen LogP) is 3.89. The summed E-state index contributed by atoms with van der Waals surface area (Å²) in [6.45, 7) is 0. The first-order valence-electron chi connectivity index (χ1n) is 4.78. The van der Waals surface area contributed by atoms with Gasteiger partial charge in [0.2, 0.25) is 0 Å². The molecule has 0 bridgehead atoms. The molecule has 94 valence electrons. The Bertz CT molecular complexity index is 543. The lowest BCUT2D eigenvalue weighted by molar-refractivity contribution is -0.138. The lowest BCUT2D eigenvalue weighted by Gasteiger charge is -2.11. The molecule has 0 amide bonds. The van der Waals surface area contributed by atoms with Crippen molar-refractivity contribution in [2.75, 3.05) is 0 Å². The van der Waals surface area contributed by atoms with Crippen molar-refractivity contribution in [2.45, 2.75) is 6.18 Å². The zero-order valence-corrected chi connectivity index (χ0v) is 10.9. The minimum Gasteiger partial charge on any atom is -0.424 e. The molecule has 0 fully saturated rings. The Morgan fingerprint density at radius 2 is 1.67 bits per heavy atom. The van der Waals surface area contributed by atoms with Gasteiger partial charge in [-0.05, 0) is 34.7 Å². The van der Waals surface area contributed by atoms with Crippen molar-refractivity contribution in [1.82, 2.24) is 9.97 Å². The van der Waals surface area contributed by atoms with Crippen LogP contribution < -0.4 is 4.74 Å². The molecule has 1 heterocycles. The molecule has 0 aliphatic rings. The predicted molar refractivity (Wildman–Crippen MR) is 66.3 cm³/mol. The normalized spacial score (nSPS) is 11.3. The monoisotopic (exact) mass is 366 g/mol. The molecule has 1 aromatic heterocycles. The van der Waals surface area contributed by atoms with Crippen molar-refractivity contribution < 1.29 is 17.9 Å². The smallest absolute Gasteiger partial charge is 0.419 e. The first-order chi connectivity index (χ1) is 8.47. The highest BCUT2D eigenvalue weighted by molar-refractivity contribution is 14.1. The van der Waals surface area contributed by atoms with Gasteiger partial charge in [0.25, 0.3) is 0 Å². The highest BCUT2D eigenvalue weighted by Crippen LogP contribution is 2.37. The van der Waals surface area contributed by atoms with Gasteiger partial charge in [-0.2, -0.15) is 13.2 Å². The van der Waals surface area contributed by atoms with Crippen molar-refractivity contribution in [3.8, 4) is 11.8 Å². The maximum Gasteiger partial charge on any atom is 0.419 e. The second-order valence-corrected chi connectivity index (χ2v) is 4.53. The standard InChI is InChI=1S/C11H6F3IN2O/c12-11(13,14)8-3-1-2-4-9(8)18-10-16-5-7(15)6-17-10/h1-6H. The number of halogens is 4. The fourth-order valence-corrected chi connectivity index (χ4v) is 1.52. The lowest BCUT2D eigenvalue weighted by Crippen LogP contribution is -2.07. The molecule has 0 aliphatic heterocycles. The maximum atomic E-state index is 12.7. The van der Waals surface area contributed by atoms with Crippen LogP contribution in [0.15, 0.2) is 36.7 Å². The van der Waals surface area contributed by atoms with E-state index in [0.29, 0.717) is 0 Å². The van der Waals surface area contributed by atoms with Crippen LogP contribution in [0, 0.1) is 3.57 Å². The van der Waals surface area contributed by atoms with Crippen molar-refractivity contribution in [1.29, 1.82) is 0 Å². The second kappa shape index (κ2) is 5.09. The Labute approximate surface area is 114 Å². The third-order valence-corrected chi connectivity index (χ3v) is 2.55. The molecule has 0 saturated heterocycles. The Kier molecular flexibility index (Phi) is 3.69. The van der Waals surface area contributed by atoms with Crippen LogP contribution in [0.3, 0.4) is 0 Å². The van der Waals surface area contributed by atoms with Gasteiger partial charge in [-0.3, -0.25) is 0 Å². The van der Waals surface area contributed by atoms with Gasteiger partial charge in [0.15, 0.2) is 0 Å². The maximum absolute atomic E-state index is 12.7. The van der Waals surface area contributed by atoms with E-state index in [1.807, 2.05) is 22.6 Å². The number of alkyl halides is 3. The van der Waals surface area contributed by atoms with E-state index in [1.54, 1.807) is 0 Å². The summed E-state index contributed by atoms with van der Waals surface area (Å²) in [6, 6.07) is 4.81. The highest BCUT2D eigenvalue weighted by atomic mass is 127. The van der Waals surface area contributed by atoms with Gasteiger partial charge >= 0.3 is 12.2 Å². The topological polar surface area (TPSA) is 35.0 Å². The molecule has 3 nitrogen and oxygen atoms in total. The van der Waals surface area contributed by atoms with Gasteiger partial charge in [0, 0.05) is 16.0 Å². The van der Waals surface area contributed by atoms with E-state index in [4.69, 9.17) is 4.74 Å². The van der Waals surface area contributed by atoms with E-state index < -0.39 is 11.7 Å². The van der Waals surface area contributed by atoms with Crippen molar-refractivity contribution >= 4 is 22.6 Å². The molecule has 0 radical (unpaired) electrons. The Hall–Kier alpha value is -1.38. The zero-order chi connectivity index (χ0) is 13.2. The summed E-state index contributed by atoms with van der Waals surface area (Å²) in [4.78, 5) is 7.58. The highest BCUT2D eigenvalue weighted by Gasteiger charge is 2.34. The molecule has 2 rings (SSSR count). The summed E-state index contributed by atoms with van der Waals surface area (Å²) in [5.74, 6) is -0.314. The molecule has 0 spiro atoms. The third-order valence-electron chi connectivity index (χ3n) is 1.99. The van der Waals surface area contributed by atoms with Crippen molar-refractivity contribution in [3.05, 3.63) is 45.8 Å². The van der Waals surface area contributed by atoms with Crippen molar-refractivity contribution in [2.24, 2.45) is 0 Å². The SMILES string of the molecule is FC(F)(F)c1ccccc1Oc1ncc(I)cn1. The van der Waals surface area contributed by atoms with Gasteiger partial charge in [-0.1, -0.05) is 12.1 Å². The molecule has 18 heavy (non-hydrogen) atoms. The summed E-state index contributed by atoms with van der Waals surface area (Å²) in [5.41, 5.74) is -0.854. The molecule has 0 atom stereocenters. The number of hydrogen-bond acceptors (Lipinski definition) is 3. The summed E-state index contributed by atoms with van der Waals surface area (Å²) in [6.07, 6.45) is -1.56. The van der Waals surface area contributed by atoms with Gasteiger partial charge in [0.1, 0.15) is 5.75 Å².